The van der Waals surface area contributed by atoms with Crippen LogP contribution in [-0.4, -0.2) is 44.3 Å². The number of nitrogens with two attached hydrogens (primary N) is 1. The van der Waals surface area contributed by atoms with Crippen LogP contribution in [-0.2, 0) is 0 Å². The van der Waals surface area contributed by atoms with Gasteiger partial charge in [-0.2, -0.15) is 0 Å². The normalized spacial score (nSPS) is 15.6. The van der Waals surface area contributed by atoms with Gasteiger partial charge in [0.2, 0.25) is 0 Å². The molecule has 5 rings (SSSR count). The standard InChI is InChI=1S/C21H21N5O2/c1-13-24-17-10-14(2-4-19(17)28-13)15-3-5-20-23-11-18(26(20)12-15)21(27)25-8-6-16(22)7-9-25/h2-5,10-12,16H,6-9,22H2,1H3. The van der Waals surface area contributed by atoms with Crippen LogP contribution in [0.1, 0.15) is 29.2 Å². The largest absolute Gasteiger partial charge is 0.441 e. The second-order valence-corrected chi connectivity index (χ2v) is 7.33. The number of imidazole rings is 1. The van der Waals surface area contributed by atoms with Gasteiger partial charge in [0.1, 0.15) is 16.9 Å². The Morgan fingerprint density at radius 3 is 2.79 bits per heavy atom. The zero-order chi connectivity index (χ0) is 19.3. The van der Waals surface area contributed by atoms with Gasteiger partial charge in [-0.05, 0) is 48.2 Å². The predicted molar refractivity (Wildman–Crippen MR) is 106 cm³/mol. The van der Waals surface area contributed by atoms with E-state index < -0.39 is 0 Å². The number of oxazole rings is 1. The first kappa shape index (κ1) is 16.9. The number of hydrogen-bond donors (Lipinski definition) is 1. The monoisotopic (exact) mass is 375 g/mol. The van der Waals surface area contributed by atoms with Crippen LogP contribution in [0.15, 0.2) is 47.1 Å². The highest BCUT2D eigenvalue weighted by atomic mass is 16.3. The van der Waals surface area contributed by atoms with Crippen molar-refractivity contribution in [2.24, 2.45) is 5.73 Å². The lowest BCUT2D eigenvalue weighted by atomic mass is 10.1. The molecule has 0 unspecified atom stereocenters. The van der Waals surface area contributed by atoms with Crippen molar-refractivity contribution in [1.29, 1.82) is 0 Å². The Kier molecular flexibility index (Phi) is 3.91. The third-order valence-corrected chi connectivity index (χ3v) is 5.38. The maximum atomic E-state index is 13.0. The number of carbonyl (C=O) groups excluding carboxylic acids is 1. The lowest BCUT2D eigenvalue weighted by Crippen LogP contribution is -2.43. The van der Waals surface area contributed by atoms with Gasteiger partial charge in [0.05, 0.1) is 6.20 Å². The van der Waals surface area contributed by atoms with Crippen molar-refractivity contribution in [3.63, 3.8) is 0 Å². The van der Waals surface area contributed by atoms with E-state index in [-0.39, 0.29) is 11.9 Å². The van der Waals surface area contributed by atoms with Crippen LogP contribution in [0.25, 0.3) is 27.9 Å². The van der Waals surface area contributed by atoms with Gasteiger partial charge in [-0.3, -0.25) is 9.20 Å². The summed E-state index contributed by atoms with van der Waals surface area (Å²) in [5.41, 5.74) is 10.9. The molecule has 0 bridgehead atoms. The highest BCUT2D eigenvalue weighted by Gasteiger charge is 2.24. The Morgan fingerprint density at radius 1 is 1.18 bits per heavy atom. The van der Waals surface area contributed by atoms with Gasteiger partial charge < -0.3 is 15.1 Å². The topological polar surface area (TPSA) is 89.7 Å². The van der Waals surface area contributed by atoms with Gasteiger partial charge in [0.25, 0.3) is 5.91 Å². The molecular formula is C21H21N5O2. The Labute approximate surface area is 161 Å². The fraction of sp³-hybridized carbons (Fsp3) is 0.286. The summed E-state index contributed by atoms with van der Waals surface area (Å²) in [7, 11) is 0. The van der Waals surface area contributed by atoms with Crippen LogP contribution in [0.4, 0.5) is 0 Å². The van der Waals surface area contributed by atoms with Crippen molar-refractivity contribution < 1.29 is 9.21 Å². The number of aromatic nitrogens is 3. The molecule has 0 aliphatic carbocycles. The second kappa shape index (κ2) is 6.45. The van der Waals surface area contributed by atoms with Crippen LogP contribution >= 0.6 is 0 Å². The molecule has 1 fully saturated rings. The van der Waals surface area contributed by atoms with E-state index in [4.69, 9.17) is 10.2 Å². The van der Waals surface area contributed by atoms with Crippen LogP contribution in [0, 0.1) is 6.92 Å². The van der Waals surface area contributed by atoms with Gasteiger partial charge >= 0.3 is 0 Å². The SMILES string of the molecule is Cc1nc2cc(-c3ccc4ncc(C(=O)N5CCC(N)CC5)n4c3)ccc2o1. The molecule has 28 heavy (non-hydrogen) atoms. The molecule has 1 amide bonds. The molecule has 4 aromatic rings. The maximum absolute atomic E-state index is 13.0. The van der Waals surface area contributed by atoms with Gasteiger partial charge in [0.15, 0.2) is 11.5 Å². The molecular weight excluding hydrogens is 354 g/mol. The summed E-state index contributed by atoms with van der Waals surface area (Å²) in [6.45, 7) is 3.22. The molecule has 1 aliphatic rings. The minimum Gasteiger partial charge on any atom is -0.441 e. The summed E-state index contributed by atoms with van der Waals surface area (Å²) >= 11 is 0. The first-order chi connectivity index (χ1) is 13.6. The summed E-state index contributed by atoms with van der Waals surface area (Å²) in [6.07, 6.45) is 5.29. The number of likely N-dealkylation sites (tertiary alicyclic amines) is 1. The smallest absolute Gasteiger partial charge is 0.272 e. The zero-order valence-corrected chi connectivity index (χ0v) is 15.6. The lowest BCUT2D eigenvalue weighted by molar-refractivity contribution is 0.0707. The number of pyridine rings is 1. The van der Waals surface area contributed by atoms with E-state index in [2.05, 4.69) is 9.97 Å². The molecule has 0 spiro atoms. The first-order valence-electron chi connectivity index (χ1n) is 9.48. The van der Waals surface area contributed by atoms with Gasteiger partial charge in [-0.1, -0.05) is 6.07 Å². The molecule has 142 valence electrons. The van der Waals surface area contributed by atoms with Crippen molar-refractivity contribution in [1.82, 2.24) is 19.3 Å². The molecule has 1 aromatic carbocycles. The third-order valence-electron chi connectivity index (χ3n) is 5.38. The van der Waals surface area contributed by atoms with E-state index in [1.54, 1.807) is 6.20 Å². The minimum absolute atomic E-state index is 0.000807. The lowest BCUT2D eigenvalue weighted by Gasteiger charge is -2.29. The number of fused-ring (bicyclic) bond motifs is 2. The Bertz CT molecular complexity index is 1180. The van der Waals surface area contributed by atoms with Crippen LogP contribution in [0.5, 0.6) is 0 Å². The predicted octanol–water partition coefficient (Wildman–Crippen LogP) is 3.01. The van der Waals surface area contributed by atoms with E-state index in [0.29, 0.717) is 24.7 Å². The number of nitrogens with zero attached hydrogens (tertiary/aromatic N) is 4. The zero-order valence-electron chi connectivity index (χ0n) is 15.6. The highest BCUT2D eigenvalue weighted by Crippen LogP contribution is 2.26. The number of rotatable bonds is 2. The van der Waals surface area contributed by atoms with E-state index in [1.807, 2.05) is 52.8 Å². The van der Waals surface area contributed by atoms with Crippen molar-refractivity contribution in [2.75, 3.05) is 13.1 Å². The summed E-state index contributed by atoms with van der Waals surface area (Å²) in [5, 5.41) is 0. The molecule has 3 aromatic heterocycles. The number of carbonyl (C=O) groups is 1. The molecule has 4 heterocycles. The molecule has 0 atom stereocenters. The average molecular weight is 375 g/mol. The number of hydrogen-bond acceptors (Lipinski definition) is 5. The fourth-order valence-corrected chi connectivity index (χ4v) is 3.80. The average Bonchev–Trinajstić information content (AvgIpc) is 3.29. The molecule has 7 nitrogen and oxygen atoms in total. The summed E-state index contributed by atoms with van der Waals surface area (Å²) < 4.78 is 7.42. The van der Waals surface area contributed by atoms with Gasteiger partial charge in [-0.25, -0.2) is 9.97 Å². The summed E-state index contributed by atoms with van der Waals surface area (Å²) in [5.74, 6) is 0.644. The van der Waals surface area contributed by atoms with Crippen molar-refractivity contribution in [3.8, 4) is 11.1 Å². The number of benzene rings is 1. The fourth-order valence-electron chi connectivity index (χ4n) is 3.80. The number of amides is 1. The molecule has 2 N–H and O–H groups in total. The summed E-state index contributed by atoms with van der Waals surface area (Å²) in [6, 6.07) is 10.0. The Morgan fingerprint density at radius 2 is 1.96 bits per heavy atom. The van der Waals surface area contributed by atoms with E-state index in [9.17, 15) is 4.79 Å². The molecule has 1 saturated heterocycles. The Balaban J connectivity index is 1.53. The summed E-state index contributed by atoms with van der Waals surface area (Å²) in [4.78, 5) is 23.7. The second-order valence-electron chi connectivity index (χ2n) is 7.33. The first-order valence-corrected chi connectivity index (χ1v) is 9.48. The number of piperidine rings is 1. The maximum Gasteiger partial charge on any atom is 0.272 e. The molecule has 0 radical (unpaired) electrons. The van der Waals surface area contributed by atoms with Crippen molar-refractivity contribution in [3.05, 3.63) is 54.3 Å². The van der Waals surface area contributed by atoms with E-state index >= 15 is 0 Å². The third kappa shape index (κ3) is 2.84. The van der Waals surface area contributed by atoms with Crippen LogP contribution < -0.4 is 5.73 Å². The number of aryl methyl sites for hydroxylation is 1. The van der Waals surface area contributed by atoms with Crippen LogP contribution in [0.2, 0.25) is 0 Å². The van der Waals surface area contributed by atoms with Crippen molar-refractivity contribution >= 4 is 22.7 Å². The minimum atomic E-state index is -0.000807. The van der Waals surface area contributed by atoms with Gasteiger partial charge in [0, 0.05) is 32.3 Å². The highest BCUT2D eigenvalue weighted by molar-refractivity contribution is 5.93. The quantitative estimate of drug-likeness (QED) is 0.582. The van der Waals surface area contributed by atoms with Crippen molar-refractivity contribution in [2.45, 2.75) is 25.8 Å². The molecule has 1 aliphatic heterocycles. The molecule has 7 heteroatoms. The van der Waals surface area contributed by atoms with E-state index in [0.717, 1.165) is 40.7 Å². The van der Waals surface area contributed by atoms with E-state index in [1.165, 1.54) is 0 Å². The molecule has 0 saturated carbocycles. The Hall–Kier alpha value is -3.19. The van der Waals surface area contributed by atoms with Crippen LogP contribution in [0.3, 0.4) is 0 Å². The van der Waals surface area contributed by atoms with Gasteiger partial charge in [-0.15, -0.1) is 0 Å².